The third-order valence-electron chi connectivity index (χ3n) is 4.82. The van der Waals surface area contributed by atoms with Gasteiger partial charge in [0.2, 0.25) is 12.7 Å². The lowest BCUT2D eigenvalue weighted by Crippen LogP contribution is -2.34. The van der Waals surface area contributed by atoms with E-state index in [2.05, 4.69) is 5.32 Å². The van der Waals surface area contributed by atoms with Crippen molar-refractivity contribution in [3.8, 4) is 17.2 Å². The van der Waals surface area contributed by atoms with Gasteiger partial charge in [-0.25, -0.2) is 0 Å². The van der Waals surface area contributed by atoms with Crippen LogP contribution in [0.4, 0.5) is 5.69 Å². The molecule has 2 aliphatic rings. The summed E-state index contributed by atoms with van der Waals surface area (Å²) < 4.78 is 16.2. The topological polar surface area (TPSA) is 77.1 Å². The summed E-state index contributed by atoms with van der Waals surface area (Å²) in [6, 6.07) is 13.0. The molecular weight excluding hydrogens is 360 g/mol. The number of rotatable bonds is 6. The van der Waals surface area contributed by atoms with Crippen molar-refractivity contribution in [3.05, 3.63) is 48.0 Å². The van der Waals surface area contributed by atoms with E-state index in [1.54, 1.807) is 4.90 Å². The maximum atomic E-state index is 12.4. The van der Waals surface area contributed by atoms with E-state index in [0.717, 1.165) is 11.3 Å². The molecule has 28 heavy (non-hydrogen) atoms. The second-order valence-electron chi connectivity index (χ2n) is 7.02. The highest BCUT2D eigenvalue weighted by Gasteiger charge is 2.31. The summed E-state index contributed by atoms with van der Waals surface area (Å²) in [4.78, 5) is 26.2. The van der Waals surface area contributed by atoms with Crippen molar-refractivity contribution in [2.24, 2.45) is 5.92 Å². The highest BCUT2D eigenvalue weighted by atomic mass is 16.7. The number of nitrogens with zero attached hydrogens (tertiary/aromatic N) is 1. The van der Waals surface area contributed by atoms with Crippen LogP contribution >= 0.6 is 0 Å². The maximum absolute atomic E-state index is 12.4. The molecule has 2 aromatic carbocycles. The zero-order valence-electron chi connectivity index (χ0n) is 15.6. The molecular formula is C21H22N2O5. The molecule has 1 atom stereocenters. The Morgan fingerprint density at radius 3 is 2.93 bits per heavy atom. The number of hydrogen-bond donors (Lipinski definition) is 1. The minimum atomic E-state index is -0.199. The fourth-order valence-corrected chi connectivity index (χ4v) is 3.38. The summed E-state index contributed by atoms with van der Waals surface area (Å²) in [6.07, 6.45) is 0.396. The van der Waals surface area contributed by atoms with Gasteiger partial charge in [0.25, 0.3) is 5.91 Å². The Hall–Kier alpha value is -3.22. The standard InChI is InChI=1S/C21H22N2O5/c1-14-3-2-4-17(7-14)26-12-20(24)22-10-15-8-21(25)23(11-15)16-5-6-18-19(9-16)28-13-27-18/h2-7,9,15H,8,10-13H2,1H3,(H,22,24). The zero-order valence-corrected chi connectivity index (χ0v) is 15.6. The first kappa shape index (κ1) is 18.2. The summed E-state index contributed by atoms with van der Waals surface area (Å²) in [7, 11) is 0. The molecule has 146 valence electrons. The summed E-state index contributed by atoms with van der Waals surface area (Å²) in [6.45, 7) is 3.11. The number of hydrogen-bond acceptors (Lipinski definition) is 5. The molecule has 4 rings (SSSR count). The molecule has 1 saturated heterocycles. The predicted octanol–water partition coefficient (Wildman–Crippen LogP) is 2.27. The molecule has 1 fully saturated rings. The SMILES string of the molecule is Cc1cccc(OCC(=O)NCC2CC(=O)N(c3ccc4c(c3)OCO4)C2)c1. The fourth-order valence-electron chi connectivity index (χ4n) is 3.38. The molecule has 1 N–H and O–H groups in total. The second kappa shape index (κ2) is 7.80. The zero-order chi connectivity index (χ0) is 19.5. The molecule has 0 spiro atoms. The number of aryl methyl sites for hydroxylation is 1. The van der Waals surface area contributed by atoms with Gasteiger partial charge in [-0.05, 0) is 36.8 Å². The van der Waals surface area contributed by atoms with E-state index in [1.165, 1.54) is 0 Å². The fraction of sp³-hybridized carbons (Fsp3) is 0.333. The van der Waals surface area contributed by atoms with E-state index in [0.29, 0.717) is 36.8 Å². The summed E-state index contributed by atoms with van der Waals surface area (Å²) in [5.41, 5.74) is 1.86. The lowest BCUT2D eigenvalue weighted by Gasteiger charge is -2.17. The van der Waals surface area contributed by atoms with Gasteiger partial charge in [0.05, 0.1) is 0 Å². The number of anilines is 1. The lowest BCUT2D eigenvalue weighted by atomic mass is 10.1. The summed E-state index contributed by atoms with van der Waals surface area (Å²) >= 11 is 0. The average Bonchev–Trinajstić information content (AvgIpc) is 3.30. The van der Waals surface area contributed by atoms with Crippen LogP contribution in [0.25, 0.3) is 0 Å². The number of ether oxygens (including phenoxy) is 3. The monoisotopic (exact) mass is 382 g/mol. The van der Waals surface area contributed by atoms with Crippen molar-refractivity contribution >= 4 is 17.5 Å². The van der Waals surface area contributed by atoms with E-state index in [4.69, 9.17) is 14.2 Å². The Kier molecular flexibility index (Phi) is 5.06. The first-order chi connectivity index (χ1) is 13.6. The van der Waals surface area contributed by atoms with Crippen molar-refractivity contribution in [1.82, 2.24) is 5.32 Å². The average molecular weight is 382 g/mol. The first-order valence-corrected chi connectivity index (χ1v) is 9.24. The Morgan fingerprint density at radius 1 is 1.21 bits per heavy atom. The van der Waals surface area contributed by atoms with Gasteiger partial charge in [0.15, 0.2) is 18.1 Å². The van der Waals surface area contributed by atoms with E-state index in [1.807, 2.05) is 49.4 Å². The maximum Gasteiger partial charge on any atom is 0.257 e. The minimum absolute atomic E-state index is 0.0362. The van der Waals surface area contributed by atoms with Crippen molar-refractivity contribution in [1.29, 1.82) is 0 Å². The van der Waals surface area contributed by atoms with Crippen molar-refractivity contribution in [2.75, 3.05) is 31.4 Å². The Bertz CT molecular complexity index is 898. The molecule has 7 nitrogen and oxygen atoms in total. The quantitative estimate of drug-likeness (QED) is 0.829. The van der Waals surface area contributed by atoms with Gasteiger partial charge in [-0.2, -0.15) is 0 Å². The second-order valence-corrected chi connectivity index (χ2v) is 7.02. The Balaban J connectivity index is 1.27. The van der Waals surface area contributed by atoms with Crippen LogP contribution in [-0.2, 0) is 9.59 Å². The molecule has 2 aliphatic heterocycles. The van der Waals surface area contributed by atoms with E-state index >= 15 is 0 Å². The largest absolute Gasteiger partial charge is 0.484 e. The number of nitrogens with one attached hydrogen (secondary N) is 1. The summed E-state index contributed by atoms with van der Waals surface area (Å²) in [5.74, 6) is 1.90. The van der Waals surface area contributed by atoms with Crippen LogP contribution in [0.2, 0.25) is 0 Å². The number of carbonyl (C=O) groups excluding carboxylic acids is 2. The highest BCUT2D eigenvalue weighted by molar-refractivity contribution is 5.96. The van der Waals surface area contributed by atoms with Crippen LogP contribution in [-0.4, -0.2) is 38.3 Å². The molecule has 0 bridgehead atoms. The molecule has 1 unspecified atom stereocenters. The minimum Gasteiger partial charge on any atom is -0.484 e. The number of amides is 2. The van der Waals surface area contributed by atoms with Crippen LogP contribution in [0.3, 0.4) is 0 Å². The number of fused-ring (bicyclic) bond motifs is 1. The molecule has 0 saturated carbocycles. The highest BCUT2D eigenvalue weighted by Crippen LogP contribution is 2.37. The van der Waals surface area contributed by atoms with Crippen LogP contribution in [0, 0.1) is 12.8 Å². The molecule has 0 radical (unpaired) electrons. The summed E-state index contributed by atoms with van der Waals surface area (Å²) in [5, 5.41) is 2.86. The number of carbonyl (C=O) groups is 2. The van der Waals surface area contributed by atoms with Gasteiger partial charge in [0, 0.05) is 37.2 Å². The van der Waals surface area contributed by atoms with Gasteiger partial charge >= 0.3 is 0 Å². The van der Waals surface area contributed by atoms with Gasteiger partial charge in [-0.1, -0.05) is 12.1 Å². The van der Waals surface area contributed by atoms with Crippen LogP contribution in [0.15, 0.2) is 42.5 Å². The van der Waals surface area contributed by atoms with Crippen LogP contribution < -0.4 is 24.4 Å². The van der Waals surface area contributed by atoms with E-state index < -0.39 is 0 Å². The van der Waals surface area contributed by atoms with Crippen molar-refractivity contribution in [3.63, 3.8) is 0 Å². The third-order valence-corrected chi connectivity index (χ3v) is 4.82. The Labute approximate surface area is 163 Å². The van der Waals surface area contributed by atoms with Crippen molar-refractivity contribution < 1.29 is 23.8 Å². The van der Waals surface area contributed by atoms with Gasteiger partial charge in [-0.15, -0.1) is 0 Å². The molecule has 2 aromatic rings. The molecule has 7 heteroatoms. The molecule has 2 amide bonds. The van der Waals surface area contributed by atoms with Gasteiger partial charge in [0.1, 0.15) is 5.75 Å². The molecule has 0 aromatic heterocycles. The lowest BCUT2D eigenvalue weighted by molar-refractivity contribution is -0.123. The smallest absolute Gasteiger partial charge is 0.257 e. The Morgan fingerprint density at radius 2 is 2.07 bits per heavy atom. The van der Waals surface area contributed by atoms with Crippen molar-refractivity contribution in [2.45, 2.75) is 13.3 Å². The van der Waals surface area contributed by atoms with Crippen LogP contribution in [0.1, 0.15) is 12.0 Å². The van der Waals surface area contributed by atoms with E-state index in [9.17, 15) is 9.59 Å². The normalized spacial score (nSPS) is 17.7. The third kappa shape index (κ3) is 4.03. The van der Waals surface area contributed by atoms with Gasteiger partial charge in [-0.3, -0.25) is 9.59 Å². The van der Waals surface area contributed by atoms with E-state index in [-0.39, 0.29) is 31.1 Å². The molecule has 2 heterocycles. The molecule has 0 aliphatic carbocycles. The number of benzene rings is 2. The first-order valence-electron chi connectivity index (χ1n) is 9.24. The van der Waals surface area contributed by atoms with Crippen LogP contribution in [0.5, 0.6) is 17.2 Å². The predicted molar refractivity (Wildman–Crippen MR) is 103 cm³/mol. The van der Waals surface area contributed by atoms with Gasteiger partial charge < -0.3 is 24.4 Å².